The summed E-state index contributed by atoms with van der Waals surface area (Å²) in [6.07, 6.45) is 0. The Hall–Kier alpha value is -2.40. The van der Waals surface area contributed by atoms with Gasteiger partial charge in [0.25, 0.3) is 5.91 Å². The Bertz CT molecular complexity index is 933. The van der Waals surface area contributed by atoms with Crippen LogP contribution in [0.25, 0.3) is 10.2 Å². The lowest BCUT2D eigenvalue weighted by Gasteiger charge is -2.11. The minimum Gasteiger partial charge on any atom is -0.378 e. The molecule has 3 rings (SSSR count). The highest BCUT2D eigenvalue weighted by atomic mass is 32.1. The molecule has 0 aliphatic heterocycles. The van der Waals surface area contributed by atoms with E-state index in [-0.39, 0.29) is 5.91 Å². The largest absolute Gasteiger partial charge is 0.378 e. The zero-order valence-electron chi connectivity index (χ0n) is 13.7. The van der Waals surface area contributed by atoms with Crippen LogP contribution in [0.3, 0.4) is 0 Å². The zero-order chi connectivity index (χ0) is 16.6. The van der Waals surface area contributed by atoms with E-state index in [0.717, 1.165) is 15.9 Å². The summed E-state index contributed by atoms with van der Waals surface area (Å²) in [4.78, 5) is 19.4. The van der Waals surface area contributed by atoms with Crippen LogP contribution in [0.2, 0.25) is 0 Å². The van der Waals surface area contributed by atoms with Crippen molar-refractivity contribution in [2.75, 3.05) is 19.0 Å². The Morgan fingerprint density at radius 1 is 1.13 bits per heavy atom. The molecule has 0 atom stereocenters. The Labute approximate surface area is 139 Å². The zero-order valence-corrected chi connectivity index (χ0v) is 14.5. The maximum atomic E-state index is 12.4. The van der Waals surface area contributed by atoms with E-state index in [9.17, 15) is 4.79 Å². The molecule has 0 N–H and O–H groups in total. The minimum absolute atomic E-state index is 0.214. The maximum absolute atomic E-state index is 12.4. The second kappa shape index (κ2) is 6.01. The van der Waals surface area contributed by atoms with Gasteiger partial charge in [-0.2, -0.15) is 4.99 Å². The van der Waals surface area contributed by atoms with Crippen molar-refractivity contribution in [3.05, 3.63) is 58.4 Å². The summed E-state index contributed by atoms with van der Waals surface area (Å²) in [5, 5.41) is 0. The van der Waals surface area contributed by atoms with E-state index in [1.165, 1.54) is 16.9 Å². The van der Waals surface area contributed by atoms with Gasteiger partial charge in [-0.25, -0.2) is 0 Å². The molecule has 3 aromatic rings. The number of nitrogens with zero attached hydrogens (tertiary/aromatic N) is 3. The number of thiazole rings is 1. The Kier molecular flexibility index (Phi) is 4.05. The third-order valence-corrected chi connectivity index (χ3v) is 4.89. The van der Waals surface area contributed by atoms with Crippen molar-refractivity contribution in [1.82, 2.24) is 4.57 Å². The molecule has 0 radical (unpaired) electrons. The molecule has 0 unspecified atom stereocenters. The van der Waals surface area contributed by atoms with Crippen LogP contribution in [0.5, 0.6) is 0 Å². The monoisotopic (exact) mass is 325 g/mol. The molecule has 1 aromatic heterocycles. The summed E-state index contributed by atoms with van der Waals surface area (Å²) in [6.45, 7) is 2.06. The van der Waals surface area contributed by atoms with Crippen LogP contribution in [-0.4, -0.2) is 24.6 Å². The summed E-state index contributed by atoms with van der Waals surface area (Å²) in [7, 11) is 5.89. The highest BCUT2D eigenvalue weighted by Gasteiger charge is 2.07. The molecule has 0 aliphatic carbocycles. The van der Waals surface area contributed by atoms with E-state index in [0.29, 0.717) is 10.4 Å². The normalized spacial score (nSPS) is 11.9. The van der Waals surface area contributed by atoms with Crippen molar-refractivity contribution in [2.24, 2.45) is 12.0 Å². The molecule has 4 nitrogen and oxygen atoms in total. The van der Waals surface area contributed by atoms with Crippen molar-refractivity contribution in [2.45, 2.75) is 6.92 Å². The summed E-state index contributed by atoms with van der Waals surface area (Å²) in [6, 6.07) is 13.7. The van der Waals surface area contributed by atoms with Gasteiger partial charge in [0.2, 0.25) is 0 Å². The van der Waals surface area contributed by atoms with Gasteiger partial charge in [0.05, 0.1) is 10.2 Å². The van der Waals surface area contributed by atoms with Crippen LogP contribution in [0.15, 0.2) is 47.5 Å². The van der Waals surface area contributed by atoms with Crippen LogP contribution in [0.4, 0.5) is 5.69 Å². The Balaban J connectivity index is 2.00. The first-order chi connectivity index (χ1) is 11.0. The number of hydrogen-bond acceptors (Lipinski definition) is 3. The van der Waals surface area contributed by atoms with Crippen LogP contribution >= 0.6 is 11.3 Å². The van der Waals surface area contributed by atoms with Gasteiger partial charge in [-0.1, -0.05) is 17.4 Å². The number of anilines is 1. The van der Waals surface area contributed by atoms with Gasteiger partial charge in [-0.15, -0.1) is 0 Å². The number of fused-ring (bicyclic) bond motifs is 1. The lowest BCUT2D eigenvalue weighted by atomic mass is 10.2. The number of aromatic nitrogens is 1. The van der Waals surface area contributed by atoms with Crippen LogP contribution in [-0.2, 0) is 7.05 Å². The smallest absolute Gasteiger partial charge is 0.279 e. The molecule has 0 fully saturated rings. The molecule has 1 heterocycles. The Morgan fingerprint density at radius 3 is 2.48 bits per heavy atom. The molecule has 0 aliphatic rings. The third-order valence-electron chi connectivity index (χ3n) is 3.79. The highest BCUT2D eigenvalue weighted by Crippen LogP contribution is 2.18. The highest BCUT2D eigenvalue weighted by molar-refractivity contribution is 7.16. The fourth-order valence-corrected chi connectivity index (χ4v) is 3.52. The van der Waals surface area contributed by atoms with Gasteiger partial charge in [0.1, 0.15) is 0 Å². The van der Waals surface area contributed by atoms with Crippen molar-refractivity contribution < 1.29 is 4.79 Å². The van der Waals surface area contributed by atoms with Crippen molar-refractivity contribution >= 4 is 33.1 Å². The minimum atomic E-state index is -0.214. The second-order valence-electron chi connectivity index (χ2n) is 5.77. The van der Waals surface area contributed by atoms with Gasteiger partial charge in [0.15, 0.2) is 4.80 Å². The first kappa shape index (κ1) is 15.5. The van der Waals surface area contributed by atoms with E-state index >= 15 is 0 Å². The van der Waals surface area contributed by atoms with Crippen molar-refractivity contribution in [3.8, 4) is 0 Å². The molecule has 118 valence electrons. The van der Waals surface area contributed by atoms with Gasteiger partial charge >= 0.3 is 0 Å². The van der Waals surface area contributed by atoms with Gasteiger partial charge in [0, 0.05) is 32.4 Å². The molecule has 5 heteroatoms. The van der Waals surface area contributed by atoms with Gasteiger partial charge in [-0.3, -0.25) is 4.79 Å². The molecular formula is C18H19N3OS. The van der Waals surface area contributed by atoms with E-state index in [2.05, 4.69) is 30.1 Å². The number of rotatable bonds is 2. The van der Waals surface area contributed by atoms with Crippen LogP contribution < -0.4 is 9.70 Å². The number of hydrogen-bond donors (Lipinski definition) is 0. The average Bonchev–Trinajstić information content (AvgIpc) is 2.82. The van der Waals surface area contributed by atoms with E-state index in [1.54, 1.807) is 0 Å². The summed E-state index contributed by atoms with van der Waals surface area (Å²) in [5.41, 5.74) is 3.96. The first-order valence-corrected chi connectivity index (χ1v) is 8.20. The Morgan fingerprint density at radius 2 is 1.83 bits per heavy atom. The lowest BCUT2D eigenvalue weighted by Crippen LogP contribution is -2.13. The summed E-state index contributed by atoms with van der Waals surface area (Å²) in [5.74, 6) is -0.214. The molecule has 23 heavy (non-hydrogen) atoms. The summed E-state index contributed by atoms with van der Waals surface area (Å²) >= 11 is 1.54. The molecule has 0 spiro atoms. The molecule has 0 bridgehead atoms. The van der Waals surface area contributed by atoms with Crippen LogP contribution in [0.1, 0.15) is 15.9 Å². The fraction of sp³-hybridized carbons (Fsp3) is 0.222. The van der Waals surface area contributed by atoms with Crippen molar-refractivity contribution in [3.63, 3.8) is 0 Å². The summed E-state index contributed by atoms with van der Waals surface area (Å²) < 4.78 is 3.10. The fourth-order valence-electron chi connectivity index (χ4n) is 2.40. The molecule has 2 aromatic carbocycles. The number of carbonyl (C=O) groups is 1. The average molecular weight is 325 g/mol. The number of carbonyl (C=O) groups excluding carboxylic acids is 1. The van der Waals surface area contributed by atoms with Crippen LogP contribution in [0, 0.1) is 6.92 Å². The number of amides is 1. The predicted octanol–water partition coefficient (Wildman–Crippen LogP) is 3.36. The quantitative estimate of drug-likeness (QED) is 0.724. The topological polar surface area (TPSA) is 37.6 Å². The molecule has 0 saturated carbocycles. The number of benzene rings is 2. The molecule has 0 saturated heterocycles. The van der Waals surface area contributed by atoms with E-state index < -0.39 is 0 Å². The van der Waals surface area contributed by atoms with Crippen molar-refractivity contribution in [1.29, 1.82) is 0 Å². The van der Waals surface area contributed by atoms with Gasteiger partial charge < -0.3 is 9.47 Å². The van der Waals surface area contributed by atoms with E-state index in [1.807, 2.05) is 54.9 Å². The molecule has 1 amide bonds. The maximum Gasteiger partial charge on any atom is 0.279 e. The van der Waals surface area contributed by atoms with Gasteiger partial charge in [-0.05, 0) is 48.9 Å². The first-order valence-electron chi connectivity index (χ1n) is 7.38. The molecular weight excluding hydrogens is 306 g/mol. The third kappa shape index (κ3) is 3.05. The number of aryl methyl sites for hydroxylation is 2. The predicted molar refractivity (Wildman–Crippen MR) is 96.2 cm³/mol. The SMILES string of the molecule is Cc1ccc2c(c1)sc(=NC(=O)c1ccc(N(C)C)cc1)n2C. The van der Waals surface area contributed by atoms with E-state index in [4.69, 9.17) is 0 Å². The second-order valence-corrected chi connectivity index (χ2v) is 6.78. The standard InChI is InChI=1S/C18H19N3OS/c1-12-5-10-15-16(11-12)23-18(21(15)4)19-17(22)13-6-8-14(9-7-13)20(2)3/h5-11H,1-4H3. The lowest BCUT2D eigenvalue weighted by molar-refractivity contribution is 0.0998.